The third kappa shape index (κ3) is 3.89. The van der Waals surface area contributed by atoms with E-state index in [0.717, 1.165) is 18.3 Å². The highest BCUT2D eigenvalue weighted by atomic mass is 16.3. The Kier molecular flexibility index (Phi) is 5.21. The highest BCUT2D eigenvalue weighted by Gasteiger charge is 2.24. The fourth-order valence-electron chi connectivity index (χ4n) is 2.89. The summed E-state index contributed by atoms with van der Waals surface area (Å²) in [6.45, 7) is 8.02. The number of allylic oxidation sites excluding steroid dienone is 1. The number of rotatable bonds is 5. The smallest absolute Gasteiger partial charge is 0.0879 e. The van der Waals surface area contributed by atoms with E-state index in [1.807, 2.05) is 0 Å². The first-order valence-electron chi connectivity index (χ1n) is 6.52. The second-order valence-corrected chi connectivity index (χ2v) is 5.19. The van der Waals surface area contributed by atoms with Crippen LogP contribution in [0.25, 0.3) is 0 Å². The Morgan fingerprint density at radius 2 is 1.93 bits per heavy atom. The van der Waals surface area contributed by atoms with Gasteiger partial charge in [0.05, 0.1) is 5.76 Å². The van der Waals surface area contributed by atoms with E-state index in [0.29, 0.717) is 5.76 Å². The third-order valence-electron chi connectivity index (χ3n) is 4.07. The van der Waals surface area contributed by atoms with Crippen molar-refractivity contribution >= 4 is 0 Å². The number of hydrogen-bond donors (Lipinski definition) is 1. The zero-order chi connectivity index (χ0) is 11.3. The molecular formula is C14H26O. The van der Waals surface area contributed by atoms with Crippen molar-refractivity contribution in [1.82, 2.24) is 0 Å². The lowest BCUT2D eigenvalue weighted by molar-refractivity contribution is 0.199. The zero-order valence-corrected chi connectivity index (χ0v) is 10.3. The predicted octanol–water partition coefficient (Wildman–Crippen LogP) is 4.69. The molecule has 0 heterocycles. The topological polar surface area (TPSA) is 20.2 Å². The van der Waals surface area contributed by atoms with E-state index in [2.05, 4.69) is 20.4 Å². The SMILES string of the molecule is C=C(O)C(C)CC(CC)C1CCCCC1. The first kappa shape index (κ1) is 12.6. The summed E-state index contributed by atoms with van der Waals surface area (Å²) in [5.41, 5.74) is 0. The van der Waals surface area contributed by atoms with Gasteiger partial charge in [0.15, 0.2) is 0 Å². The van der Waals surface area contributed by atoms with Gasteiger partial charge in [0.2, 0.25) is 0 Å². The molecule has 15 heavy (non-hydrogen) atoms. The van der Waals surface area contributed by atoms with Gasteiger partial charge in [-0.3, -0.25) is 0 Å². The molecule has 1 aliphatic carbocycles. The molecule has 0 aromatic carbocycles. The highest BCUT2D eigenvalue weighted by Crippen LogP contribution is 2.35. The first-order chi connectivity index (χ1) is 7.15. The van der Waals surface area contributed by atoms with Crippen LogP contribution in [0.5, 0.6) is 0 Å². The molecule has 1 heteroatoms. The standard InChI is InChI=1S/C14H26O/c1-4-13(10-11(2)12(3)15)14-8-6-5-7-9-14/h11,13-15H,3-10H2,1-2H3. The normalized spacial score (nSPS) is 22.3. The lowest BCUT2D eigenvalue weighted by Crippen LogP contribution is -2.20. The lowest BCUT2D eigenvalue weighted by atomic mass is 9.75. The summed E-state index contributed by atoms with van der Waals surface area (Å²) in [6, 6.07) is 0. The summed E-state index contributed by atoms with van der Waals surface area (Å²) in [6.07, 6.45) is 9.44. The fraction of sp³-hybridized carbons (Fsp3) is 0.857. The van der Waals surface area contributed by atoms with E-state index < -0.39 is 0 Å². The van der Waals surface area contributed by atoms with Crippen molar-refractivity contribution in [2.24, 2.45) is 17.8 Å². The van der Waals surface area contributed by atoms with Crippen molar-refractivity contribution in [3.05, 3.63) is 12.3 Å². The monoisotopic (exact) mass is 210 g/mol. The van der Waals surface area contributed by atoms with Gasteiger partial charge in [-0.15, -0.1) is 0 Å². The predicted molar refractivity (Wildman–Crippen MR) is 65.9 cm³/mol. The molecule has 0 saturated heterocycles. The van der Waals surface area contributed by atoms with Crippen molar-refractivity contribution in [2.75, 3.05) is 0 Å². The minimum absolute atomic E-state index is 0.275. The van der Waals surface area contributed by atoms with Crippen molar-refractivity contribution in [3.63, 3.8) is 0 Å². The summed E-state index contributed by atoms with van der Waals surface area (Å²) >= 11 is 0. The summed E-state index contributed by atoms with van der Waals surface area (Å²) in [5, 5.41) is 9.37. The Labute approximate surface area is 94.6 Å². The molecule has 0 spiro atoms. The van der Waals surface area contributed by atoms with Crippen LogP contribution in [0.4, 0.5) is 0 Å². The van der Waals surface area contributed by atoms with Crippen LogP contribution in [0.2, 0.25) is 0 Å². The minimum Gasteiger partial charge on any atom is -0.513 e. The molecule has 0 amide bonds. The second-order valence-electron chi connectivity index (χ2n) is 5.19. The van der Waals surface area contributed by atoms with Crippen LogP contribution in [-0.2, 0) is 0 Å². The van der Waals surface area contributed by atoms with E-state index in [1.54, 1.807) is 0 Å². The summed E-state index contributed by atoms with van der Waals surface area (Å²) < 4.78 is 0. The molecule has 0 bridgehead atoms. The Hall–Kier alpha value is -0.460. The minimum atomic E-state index is 0.275. The Morgan fingerprint density at radius 1 is 1.33 bits per heavy atom. The summed E-state index contributed by atoms with van der Waals surface area (Å²) in [7, 11) is 0. The van der Waals surface area contributed by atoms with Crippen LogP contribution in [0.3, 0.4) is 0 Å². The molecular weight excluding hydrogens is 184 g/mol. The molecule has 2 unspecified atom stereocenters. The average Bonchev–Trinajstić information content (AvgIpc) is 2.26. The maximum atomic E-state index is 9.37. The number of aliphatic hydroxyl groups excluding tert-OH is 1. The van der Waals surface area contributed by atoms with Crippen LogP contribution in [0, 0.1) is 17.8 Å². The van der Waals surface area contributed by atoms with Crippen molar-refractivity contribution < 1.29 is 5.11 Å². The maximum absolute atomic E-state index is 9.37. The highest BCUT2D eigenvalue weighted by molar-refractivity contribution is 4.88. The van der Waals surface area contributed by atoms with Crippen molar-refractivity contribution in [1.29, 1.82) is 0 Å². The van der Waals surface area contributed by atoms with E-state index >= 15 is 0 Å². The van der Waals surface area contributed by atoms with E-state index in [-0.39, 0.29) is 5.92 Å². The molecule has 1 rings (SSSR count). The molecule has 88 valence electrons. The van der Waals surface area contributed by atoms with E-state index in [9.17, 15) is 5.11 Å². The maximum Gasteiger partial charge on any atom is 0.0879 e. The summed E-state index contributed by atoms with van der Waals surface area (Å²) in [5.74, 6) is 2.34. The van der Waals surface area contributed by atoms with E-state index in [1.165, 1.54) is 38.5 Å². The number of aliphatic hydroxyl groups is 1. The molecule has 0 radical (unpaired) electrons. The van der Waals surface area contributed by atoms with Crippen LogP contribution in [0.15, 0.2) is 12.3 Å². The van der Waals surface area contributed by atoms with Crippen LogP contribution in [0.1, 0.15) is 58.8 Å². The van der Waals surface area contributed by atoms with Gasteiger partial charge >= 0.3 is 0 Å². The Bertz CT molecular complexity index is 192. The molecule has 0 aliphatic heterocycles. The Balaban J connectivity index is 2.43. The van der Waals surface area contributed by atoms with Gasteiger partial charge < -0.3 is 5.11 Å². The second kappa shape index (κ2) is 6.19. The largest absolute Gasteiger partial charge is 0.513 e. The first-order valence-corrected chi connectivity index (χ1v) is 6.52. The average molecular weight is 210 g/mol. The molecule has 1 aliphatic rings. The third-order valence-corrected chi connectivity index (χ3v) is 4.07. The zero-order valence-electron chi connectivity index (χ0n) is 10.3. The van der Waals surface area contributed by atoms with Gasteiger partial charge in [-0.2, -0.15) is 0 Å². The molecule has 0 aromatic heterocycles. The van der Waals surface area contributed by atoms with Crippen LogP contribution < -0.4 is 0 Å². The van der Waals surface area contributed by atoms with Gasteiger partial charge in [-0.25, -0.2) is 0 Å². The summed E-state index contributed by atoms with van der Waals surface area (Å²) in [4.78, 5) is 0. The fourth-order valence-corrected chi connectivity index (χ4v) is 2.89. The molecule has 1 nitrogen and oxygen atoms in total. The molecule has 1 fully saturated rings. The molecule has 1 saturated carbocycles. The molecule has 0 aromatic rings. The van der Waals surface area contributed by atoms with Gasteiger partial charge in [0.1, 0.15) is 0 Å². The van der Waals surface area contributed by atoms with Gasteiger partial charge in [0, 0.05) is 5.92 Å². The van der Waals surface area contributed by atoms with Crippen LogP contribution in [-0.4, -0.2) is 5.11 Å². The number of hydrogen-bond acceptors (Lipinski definition) is 1. The van der Waals surface area contributed by atoms with Gasteiger partial charge in [-0.05, 0) is 18.3 Å². The van der Waals surface area contributed by atoms with Gasteiger partial charge in [-0.1, -0.05) is 59.0 Å². The van der Waals surface area contributed by atoms with Gasteiger partial charge in [0.25, 0.3) is 0 Å². The van der Waals surface area contributed by atoms with Crippen molar-refractivity contribution in [2.45, 2.75) is 58.8 Å². The quantitative estimate of drug-likeness (QED) is 0.653. The Morgan fingerprint density at radius 3 is 2.40 bits per heavy atom. The van der Waals surface area contributed by atoms with Crippen molar-refractivity contribution in [3.8, 4) is 0 Å². The lowest BCUT2D eigenvalue weighted by Gasteiger charge is -2.31. The molecule has 1 N–H and O–H groups in total. The molecule has 2 atom stereocenters. The van der Waals surface area contributed by atoms with E-state index in [4.69, 9.17) is 0 Å². The van der Waals surface area contributed by atoms with Crippen LogP contribution >= 0.6 is 0 Å².